The predicted octanol–water partition coefficient (Wildman–Crippen LogP) is 3.62. The van der Waals surface area contributed by atoms with Gasteiger partial charge in [0.15, 0.2) is 5.75 Å². The maximum Gasteiger partial charge on any atom is 0.256 e. The molecule has 0 unspecified atom stereocenters. The molecule has 0 bridgehead atoms. The topological polar surface area (TPSA) is 67.8 Å². The summed E-state index contributed by atoms with van der Waals surface area (Å²) in [6, 6.07) is 7.93. The Bertz CT molecular complexity index is 690. The second kappa shape index (κ2) is 6.58. The first-order valence-electron chi connectivity index (χ1n) is 6.49. The zero-order valence-corrected chi connectivity index (χ0v) is 13.2. The molecule has 0 heterocycles. The number of anilines is 1. The number of phenols is 1. The number of nitrogens with one attached hydrogen (secondary N) is 1. The van der Waals surface area contributed by atoms with Gasteiger partial charge in [-0.15, -0.1) is 0 Å². The molecule has 2 aromatic carbocycles. The minimum atomic E-state index is -0.408. The molecule has 2 rings (SSSR count). The van der Waals surface area contributed by atoms with E-state index in [2.05, 4.69) is 5.32 Å². The lowest BCUT2D eigenvalue weighted by atomic mass is 10.1. The molecule has 0 saturated carbocycles. The van der Waals surface area contributed by atoms with Crippen LogP contribution in [-0.2, 0) is 0 Å². The molecule has 6 heteroatoms. The molecule has 0 spiro atoms. The van der Waals surface area contributed by atoms with Crippen LogP contribution in [0, 0.1) is 6.92 Å². The third-order valence-corrected chi connectivity index (χ3v) is 3.55. The summed E-state index contributed by atoms with van der Waals surface area (Å²) in [5.74, 6) is 0.498. The molecule has 2 aromatic rings. The van der Waals surface area contributed by atoms with Crippen molar-refractivity contribution in [2.45, 2.75) is 6.92 Å². The van der Waals surface area contributed by atoms with E-state index in [1.807, 2.05) is 6.92 Å². The minimum absolute atomic E-state index is 0.164. The molecule has 0 aromatic heterocycles. The molecule has 0 atom stereocenters. The number of carbonyl (C=O) groups excluding carboxylic acids is 1. The van der Waals surface area contributed by atoms with Crippen molar-refractivity contribution in [1.82, 2.24) is 0 Å². The third kappa shape index (κ3) is 3.09. The molecule has 0 aliphatic heterocycles. The molecule has 2 N–H and O–H groups in total. The SMILES string of the molecule is COc1cc(C(=O)Nc2cccc(Cl)c2O)cc(OC)c1C. The summed E-state index contributed by atoms with van der Waals surface area (Å²) < 4.78 is 10.5. The fraction of sp³-hybridized carbons (Fsp3) is 0.188. The number of para-hydroxylation sites is 1. The smallest absolute Gasteiger partial charge is 0.256 e. The first-order chi connectivity index (χ1) is 10.5. The number of carbonyl (C=O) groups is 1. The van der Waals surface area contributed by atoms with Gasteiger partial charge in [0, 0.05) is 11.1 Å². The average molecular weight is 322 g/mol. The van der Waals surface area contributed by atoms with Crippen LogP contribution in [0.4, 0.5) is 5.69 Å². The molecule has 0 aliphatic carbocycles. The van der Waals surface area contributed by atoms with E-state index >= 15 is 0 Å². The molecule has 22 heavy (non-hydrogen) atoms. The van der Waals surface area contributed by atoms with E-state index < -0.39 is 5.91 Å². The third-order valence-electron chi connectivity index (χ3n) is 3.25. The molecule has 5 nitrogen and oxygen atoms in total. The number of benzene rings is 2. The molecule has 116 valence electrons. The number of hydrogen-bond acceptors (Lipinski definition) is 4. The van der Waals surface area contributed by atoms with Gasteiger partial charge in [-0.05, 0) is 31.2 Å². The molecular formula is C16H16ClNO4. The monoisotopic (exact) mass is 321 g/mol. The minimum Gasteiger partial charge on any atom is -0.504 e. The van der Waals surface area contributed by atoms with Crippen molar-refractivity contribution in [2.75, 3.05) is 19.5 Å². The van der Waals surface area contributed by atoms with E-state index in [0.29, 0.717) is 17.1 Å². The zero-order chi connectivity index (χ0) is 16.3. The maximum absolute atomic E-state index is 12.3. The van der Waals surface area contributed by atoms with Crippen molar-refractivity contribution in [2.24, 2.45) is 0 Å². The second-order valence-electron chi connectivity index (χ2n) is 4.60. The van der Waals surface area contributed by atoms with Crippen molar-refractivity contribution in [3.05, 3.63) is 46.5 Å². The van der Waals surface area contributed by atoms with Gasteiger partial charge in [0.2, 0.25) is 0 Å². The Hall–Kier alpha value is -2.40. The summed E-state index contributed by atoms with van der Waals surface area (Å²) in [6.07, 6.45) is 0. The first kappa shape index (κ1) is 16.0. The van der Waals surface area contributed by atoms with Crippen molar-refractivity contribution >= 4 is 23.2 Å². The second-order valence-corrected chi connectivity index (χ2v) is 5.00. The van der Waals surface area contributed by atoms with Gasteiger partial charge in [0.1, 0.15) is 11.5 Å². The Morgan fingerprint density at radius 2 is 1.77 bits per heavy atom. The average Bonchev–Trinajstić information content (AvgIpc) is 2.52. The van der Waals surface area contributed by atoms with Crippen LogP contribution in [0.5, 0.6) is 17.2 Å². The lowest BCUT2D eigenvalue weighted by Gasteiger charge is -2.13. The number of methoxy groups -OCH3 is 2. The zero-order valence-electron chi connectivity index (χ0n) is 12.4. The predicted molar refractivity (Wildman–Crippen MR) is 85.4 cm³/mol. The van der Waals surface area contributed by atoms with E-state index in [9.17, 15) is 9.90 Å². The molecular weight excluding hydrogens is 306 g/mol. The highest BCUT2D eigenvalue weighted by atomic mass is 35.5. The summed E-state index contributed by atoms with van der Waals surface area (Å²) in [6.45, 7) is 1.84. The first-order valence-corrected chi connectivity index (χ1v) is 6.87. The van der Waals surface area contributed by atoms with Gasteiger partial charge in [-0.3, -0.25) is 4.79 Å². The van der Waals surface area contributed by atoms with Gasteiger partial charge in [0.05, 0.1) is 24.9 Å². The van der Waals surface area contributed by atoms with Crippen molar-refractivity contribution in [1.29, 1.82) is 0 Å². The number of aromatic hydroxyl groups is 1. The van der Waals surface area contributed by atoms with Gasteiger partial charge < -0.3 is 19.9 Å². The number of rotatable bonds is 4. The van der Waals surface area contributed by atoms with Crippen LogP contribution in [0.15, 0.2) is 30.3 Å². The molecule has 0 radical (unpaired) electrons. The van der Waals surface area contributed by atoms with Crippen LogP contribution in [0.2, 0.25) is 5.02 Å². The highest BCUT2D eigenvalue weighted by Gasteiger charge is 2.15. The molecule has 0 aliphatic rings. The standard InChI is InChI=1S/C16H16ClNO4/c1-9-13(21-2)7-10(8-14(9)22-3)16(20)18-12-6-4-5-11(17)15(12)19/h4-8,19H,1-3H3,(H,18,20). The Balaban J connectivity index is 2.35. The highest BCUT2D eigenvalue weighted by Crippen LogP contribution is 2.33. The van der Waals surface area contributed by atoms with Crippen LogP contribution in [0.3, 0.4) is 0 Å². The van der Waals surface area contributed by atoms with E-state index in [-0.39, 0.29) is 16.5 Å². The summed E-state index contributed by atoms with van der Waals surface area (Å²) in [4.78, 5) is 12.3. The Morgan fingerprint density at radius 1 is 1.18 bits per heavy atom. The fourth-order valence-corrected chi connectivity index (χ4v) is 2.20. The van der Waals surface area contributed by atoms with Crippen molar-refractivity contribution in [3.63, 3.8) is 0 Å². The van der Waals surface area contributed by atoms with Gasteiger partial charge in [-0.1, -0.05) is 17.7 Å². The van der Waals surface area contributed by atoms with E-state index in [1.165, 1.54) is 20.3 Å². The summed E-state index contributed by atoms with van der Waals surface area (Å²) in [5, 5.41) is 12.6. The number of amides is 1. The largest absolute Gasteiger partial charge is 0.504 e. The van der Waals surface area contributed by atoms with Crippen LogP contribution in [0.25, 0.3) is 0 Å². The summed E-state index contributed by atoms with van der Waals surface area (Å²) >= 11 is 5.82. The number of hydrogen-bond donors (Lipinski definition) is 2. The Labute approximate surface area is 133 Å². The highest BCUT2D eigenvalue weighted by molar-refractivity contribution is 6.32. The van der Waals surface area contributed by atoms with Gasteiger partial charge >= 0.3 is 0 Å². The quantitative estimate of drug-likeness (QED) is 0.844. The van der Waals surface area contributed by atoms with Crippen LogP contribution < -0.4 is 14.8 Å². The summed E-state index contributed by atoms with van der Waals surface area (Å²) in [5.41, 5.74) is 1.38. The number of phenolic OH excluding ortho intramolecular Hbond substituents is 1. The van der Waals surface area contributed by atoms with Crippen LogP contribution in [0.1, 0.15) is 15.9 Å². The molecule has 0 fully saturated rings. The summed E-state index contributed by atoms with van der Waals surface area (Å²) in [7, 11) is 3.04. The van der Waals surface area contributed by atoms with Crippen LogP contribution in [-0.4, -0.2) is 25.2 Å². The molecule has 1 amide bonds. The maximum atomic E-state index is 12.3. The lowest BCUT2D eigenvalue weighted by Crippen LogP contribution is -2.12. The normalized spacial score (nSPS) is 10.2. The van der Waals surface area contributed by atoms with Crippen molar-refractivity contribution < 1.29 is 19.4 Å². The van der Waals surface area contributed by atoms with Gasteiger partial charge in [-0.2, -0.15) is 0 Å². The lowest BCUT2D eigenvalue weighted by molar-refractivity contribution is 0.102. The van der Waals surface area contributed by atoms with Crippen LogP contribution >= 0.6 is 11.6 Å². The number of ether oxygens (including phenoxy) is 2. The van der Waals surface area contributed by atoms with E-state index in [0.717, 1.165) is 5.56 Å². The van der Waals surface area contributed by atoms with Gasteiger partial charge in [-0.25, -0.2) is 0 Å². The van der Waals surface area contributed by atoms with Crippen molar-refractivity contribution in [3.8, 4) is 17.2 Å². The fourth-order valence-electron chi connectivity index (χ4n) is 2.03. The van der Waals surface area contributed by atoms with Gasteiger partial charge in [0.25, 0.3) is 5.91 Å². The van der Waals surface area contributed by atoms with E-state index in [1.54, 1.807) is 24.3 Å². The Morgan fingerprint density at radius 3 is 2.32 bits per heavy atom. The molecule has 0 saturated heterocycles. The Kier molecular flexibility index (Phi) is 4.78. The number of halogens is 1. The van der Waals surface area contributed by atoms with E-state index in [4.69, 9.17) is 21.1 Å².